The Labute approximate surface area is 124 Å². The van der Waals surface area contributed by atoms with E-state index < -0.39 is 0 Å². The highest BCUT2D eigenvalue weighted by atomic mass is 15.2. The molecule has 2 fully saturated rings. The molecule has 0 amide bonds. The molecule has 0 aromatic carbocycles. The molecule has 0 saturated heterocycles. The zero-order valence-electron chi connectivity index (χ0n) is 13.3. The van der Waals surface area contributed by atoms with Crippen molar-refractivity contribution in [3.05, 3.63) is 0 Å². The van der Waals surface area contributed by atoms with Crippen LogP contribution in [-0.2, 0) is 0 Å². The van der Waals surface area contributed by atoms with E-state index in [-0.39, 0.29) is 5.54 Å². The van der Waals surface area contributed by atoms with Crippen molar-refractivity contribution in [1.82, 2.24) is 10.2 Å². The molecule has 0 aromatic rings. The molecule has 2 aliphatic carbocycles. The molecule has 3 heteroatoms. The lowest BCUT2D eigenvalue weighted by atomic mass is 9.91. The number of rotatable bonds is 11. The summed E-state index contributed by atoms with van der Waals surface area (Å²) in [6.07, 6.45) is 9.84. The first-order valence-corrected chi connectivity index (χ1v) is 8.63. The minimum Gasteiger partial charge on any atom is -0.300 e. The summed E-state index contributed by atoms with van der Waals surface area (Å²) in [6.45, 7) is 7.76. The van der Waals surface area contributed by atoms with Gasteiger partial charge in [-0.1, -0.05) is 13.8 Å². The predicted molar refractivity (Wildman–Crippen MR) is 83.5 cm³/mol. The maximum Gasteiger partial charge on any atom is 0.106 e. The summed E-state index contributed by atoms with van der Waals surface area (Å²) in [6, 6.07) is 3.41. The number of nitrogens with zero attached hydrogens (tertiary/aromatic N) is 2. The van der Waals surface area contributed by atoms with Gasteiger partial charge in [-0.15, -0.1) is 0 Å². The van der Waals surface area contributed by atoms with Crippen LogP contribution in [0, 0.1) is 17.2 Å². The minimum atomic E-state index is -0.287. The maximum absolute atomic E-state index is 9.52. The van der Waals surface area contributed by atoms with E-state index in [2.05, 4.69) is 30.1 Å². The lowest BCUT2D eigenvalue weighted by Crippen LogP contribution is -2.44. The third-order valence-electron chi connectivity index (χ3n) is 4.83. The van der Waals surface area contributed by atoms with E-state index in [0.717, 1.165) is 44.2 Å². The number of nitriles is 1. The van der Waals surface area contributed by atoms with Crippen LogP contribution in [0.2, 0.25) is 0 Å². The van der Waals surface area contributed by atoms with E-state index >= 15 is 0 Å². The van der Waals surface area contributed by atoms with Crippen LogP contribution in [0.3, 0.4) is 0 Å². The van der Waals surface area contributed by atoms with Crippen LogP contribution in [0.25, 0.3) is 0 Å². The van der Waals surface area contributed by atoms with Crippen LogP contribution in [0.1, 0.15) is 65.2 Å². The second kappa shape index (κ2) is 7.43. The SMILES string of the molecule is CCCNC(C#N)(CC)CCCN(CC1CC1)C1CC1. The van der Waals surface area contributed by atoms with Gasteiger partial charge < -0.3 is 4.90 Å². The smallest absolute Gasteiger partial charge is 0.106 e. The fourth-order valence-corrected chi connectivity index (χ4v) is 3.01. The van der Waals surface area contributed by atoms with Gasteiger partial charge in [-0.05, 0) is 70.4 Å². The minimum absolute atomic E-state index is 0.287. The number of nitrogens with one attached hydrogen (secondary N) is 1. The molecule has 0 heterocycles. The predicted octanol–water partition coefficient (Wildman–Crippen LogP) is 3.31. The topological polar surface area (TPSA) is 39.1 Å². The molecule has 0 spiro atoms. The highest BCUT2D eigenvalue weighted by molar-refractivity contribution is 5.06. The summed E-state index contributed by atoms with van der Waals surface area (Å²) in [5.41, 5.74) is -0.287. The summed E-state index contributed by atoms with van der Waals surface area (Å²) >= 11 is 0. The molecule has 20 heavy (non-hydrogen) atoms. The third-order valence-corrected chi connectivity index (χ3v) is 4.83. The standard InChI is InChI=1S/C17H31N3/c1-3-11-19-17(4-2,14-18)10-5-12-20(16-8-9-16)13-15-6-7-15/h15-16,19H,3-13H2,1-2H3. The van der Waals surface area contributed by atoms with Crippen molar-refractivity contribution < 1.29 is 0 Å². The van der Waals surface area contributed by atoms with Crippen LogP contribution in [0.15, 0.2) is 0 Å². The molecule has 2 aliphatic rings. The van der Waals surface area contributed by atoms with Gasteiger partial charge in [-0.25, -0.2) is 0 Å². The fraction of sp³-hybridized carbons (Fsp3) is 0.941. The quantitative estimate of drug-likeness (QED) is 0.630. The van der Waals surface area contributed by atoms with E-state index in [1.54, 1.807) is 0 Å². The lowest BCUT2D eigenvalue weighted by Gasteiger charge is -2.28. The fourth-order valence-electron chi connectivity index (χ4n) is 3.01. The first kappa shape index (κ1) is 15.8. The number of hydrogen-bond acceptors (Lipinski definition) is 3. The summed E-state index contributed by atoms with van der Waals surface area (Å²) in [7, 11) is 0. The van der Waals surface area contributed by atoms with E-state index in [0.29, 0.717) is 0 Å². The molecule has 114 valence electrons. The Hall–Kier alpha value is -0.590. The van der Waals surface area contributed by atoms with Crippen LogP contribution < -0.4 is 5.32 Å². The van der Waals surface area contributed by atoms with Crippen molar-refractivity contribution in [3.8, 4) is 6.07 Å². The van der Waals surface area contributed by atoms with Gasteiger partial charge in [0.1, 0.15) is 5.54 Å². The van der Waals surface area contributed by atoms with Gasteiger partial charge >= 0.3 is 0 Å². The molecule has 0 aliphatic heterocycles. The van der Waals surface area contributed by atoms with Crippen LogP contribution in [0.4, 0.5) is 0 Å². The van der Waals surface area contributed by atoms with Crippen molar-refractivity contribution in [2.24, 2.45) is 5.92 Å². The average molecular weight is 277 g/mol. The highest BCUT2D eigenvalue weighted by Gasteiger charge is 2.34. The third kappa shape index (κ3) is 4.75. The Morgan fingerprint density at radius 3 is 2.50 bits per heavy atom. The van der Waals surface area contributed by atoms with E-state index in [9.17, 15) is 5.26 Å². The zero-order chi connectivity index (χ0) is 14.4. The van der Waals surface area contributed by atoms with Crippen molar-refractivity contribution >= 4 is 0 Å². The van der Waals surface area contributed by atoms with Crippen LogP contribution in [-0.4, -0.2) is 36.1 Å². The molecule has 1 atom stereocenters. The maximum atomic E-state index is 9.52. The summed E-state index contributed by atoms with van der Waals surface area (Å²) in [4.78, 5) is 2.70. The van der Waals surface area contributed by atoms with Gasteiger partial charge in [0.2, 0.25) is 0 Å². The zero-order valence-corrected chi connectivity index (χ0v) is 13.3. The summed E-state index contributed by atoms with van der Waals surface area (Å²) < 4.78 is 0. The van der Waals surface area contributed by atoms with Gasteiger partial charge in [0.25, 0.3) is 0 Å². The molecular weight excluding hydrogens is 246 g/mol. The second-order valence-electron chi connectivity index (χ2n) is 6.75. The van der Waals surface area contributed by atoms with E-state index in [1.807, 2.05) is 0 Å². The van der Waals surface area contributed by atoms with E-state index in [1.165, 1.54) is 38.8 Å². The number of hydrogen-bond donors (Lipinski definition) is 1. The van der Waals surface area contributed by atoms with Gasteiger partial charge in [0, 0.05) is 12.6 Å². The molecule has 2 saturated carbocycles. The molecule has 0 aromatic heterocycles. The molecule has 3 nitrogen and oxygen atoms in total. The Kier molecular flexibility index (Phi) is 5.86. The van der Waals surface area contributed by atoms with Crippen LogP contribution >= 0.6 is 0 Å². The Morgan fingerprint density at radius 2 is 2.00 bits per heavy atom. The van der Waals surface area contributed by atoms with Gasteiger partial charge in [0.15, 0.2) is 0 Å². The lowest BCUT2D eigenvalue weighted by molar-refractivity contribution is 0.235. The molecule has 2 rings (SSSR count). The molecule has 1 unspecified atom stereocenters. The largest absolute Gasteiger partial charge is 0.300 e. The van der Waals surface area contributed by atoms with Crippen molar-refractivity contribution in [3.63, 3.8) is 0 Å². The summed E-state index contributed by atoms with van der Waals surface area (Å²) in [5, 5.41) is 13.0. The van der Waals surface area contributed by atoms with Crippen molar-refractivity contribution in [2.75, 3.05) is 19.6 Å². The Balaban J connectivity index is 1.74. The van der Waals surface area contributed by atoms with Crippen LogP contribution in [0.5, 0.6) is 0 Å². The molecule has 0 radical (unpaired) electrons. The first-order chi connectivity index (χ1) is 9.73. The molecule has 1 N–H and O–H groups in total. The second-order valence-corrected chi connectivity index (χ2v) is 6.75. The monoisotopic (exact) mass is 277 g/mol. The first-order valence-electron chi connectivity index (χ1n) is 8.63. The van der Waals surface area contributed by atoms with Crippen molar-refractivity contribution in [2.45, 2.75) is 76.8 Å². The highest BCUT2D eigenvalue weighted by Crippen LogP contribution is 2.35. The van der Waals surface area contributed by atoms with Crippen molar-refractivity contribution in [1.29, 1.82) is 5.26 Å². The van der Waals surface area contributed by atoms with Gasteiger partial charge in [-0.3, -0.25) is 5.32 Å². The van der Waals surface area contributed by atoms with Gasteiger partial charge in [-0.2, -0.15) is 5.26 Å². The Morgan fingerprint density at radius 1 is 1.25 bits per heavy atom. The average Bonchev–Trinajstić information content (AvgIpc) is 3.34. The van der Waals surface area contributed by atoms with E-state index in [4.69, 9.17) is 0 Å². The molecular formula is C17H31N3. The summed E-state index contributed by atoms with van der Waals surface area (Å²) in [5.74, 6) is 0.987. The molecule has 0 bridgehead atoms. The Bertz CT molecular complexity index is 328. The van der Waals surface area contributed by atoms with Gasteiger partial charge in [0.05, 0.1) is 6.07 Å². The normalized spacial score (nSPS) is 21.7.